The van der Waals surface area contributed by atoms with E-state index in [-0.39, 0.29) is 0 Å². The molecular formula is C20H32. The van der Waals surface area contributed by atoms with Gasteiger partial charge in [-0.2, -0.15) is 0 Å². The molecule has 0 spiro atoms. The first-order valence-corrected chi connectivity index (χ1v) is 8.20. The molecule has 0 N–H and O–H groups in total. The lowest BCUT2D eigenvalue weighted by molar-refractivity contribution is 0.875. The number of rotatable bonds is 0. The number of allylic oxidation sites excluding steroid dienone is 8. The molecule has 0 amide bonds. The summed E-state index contributed by atoms with van der Waals surface area (Å²) < 4.78 is 0. The van der Waals surface area contributed by atoms with Crippen LogP contribution in [0, 0.1) is 0 Å². The average molecular weight is 272 g/mol. The van der Waals surface area contributed by atoms with E-state index in [1.165, 1.54) is 51.4 Å². The average Bonchev–Trinajstić information content (AvgIpc) is 2.37. The Morgan fingerprint density at radius 1 is 0.450 bits per heavy atom. The first-order valence-electron chi connectivity index (χ1n) is 8.20. The third-order valence-electron chi connectivity index (χ3n) is 4.13. The Labute approximate surface area is 126 Å². The van der Waals surface area contributed by atoms with Crippen molar-refractivity contribution in [3.63, 3.8) is 0 Å². The van der Waals surface area contributed by atoms with Crippen molar-refractivity contribution >= 4 is 0 Å². The monoisotopic (exact) mass is 272 g/mol. The molecule has 1 aliphatic rings. The molecular weight excluding hydrogens is 240 g/mol. The Kier molecular flexibility index (Phi) is 8.34. The van der Waals surface area contributed by atoms with E-state index < -0.39 is 0 Å². The fourth-order valence-electron chi connectivity index (χ4n) is 2.59. The summed E-state index contributed by atoms with van der Waals surface area (Å²) in [6.45, 7) is 9.10. The fourth-order valence-corrected chi connectivity index (χ4v) is 2.59. The molecule has 0 saturated heterocycles. The van der Waals surface area contributed by atoms with Gasteiger partial charge in [-0.3, -0.25) is 0 Å². The maximum atomic E-state index is 2.43. The molecule has 1 rings (SSSR count). The van der Waals surface area contributed by atoms with Crippen molar-refractivity contribution in [3.8, 4) is 0 Å². The summed E-state index contributed by atoms with van der Waals surface area (Å²) in [5.41, 5.74) is 6.18. The van der Waals surface area contributed by atoms with E-state index in [9.17, 15) is 0 Å². The van der Waals surface area contributed by atoms with Gasteiger partial charge in [0.25, 0.3) is 0 Å². The molecule has 0 fully saturated rings. The van der Waals surface area contributed by atoms with Gasteiger partial charge in [0.1, 0.15) is 0 Å². The summed E-state index contributed by atoms with van der Waals surface area (Å²) in [6, 6.07) is 0. The van der Waals surface area contributed by atoms with Crippen LogP contribution in [0.15, 0.2) is 46.6 Å². The Hall–Kier alpha value is -1.04. The lowest BCUT2D eigenvalue weighted by Gasteiger charge is -2.05. The second-order valence-electron chi connectivity index (χ2n) is 6.36. The summed E-state index contributed by atoms with van der Waals surface area (Å²) in [6.07, 6.45) is 19.4. The van der Waals surface area contributed by atoms with Crippen LogP contribution in [0.1, 0.15) is 79.1 Å². The first kappa shape index (κ1) is 17.0. The molecule has 20 heavy (non-hydrogen) atoms. The van der Waals surface area contributed by atoms with E-state index in [0.717, 1.165) is 0 Å². The molecule has 0 nitrogen and oxygen atoms in total. The fraction of sp³-hybridized carbons (Fsp3) is 0.600. The Balaban J connectivity index is 2.65. The standard InChI is InChI=1S/C20H32/c1-17-9-5-11-18(2)13-7-15-20(4)16-8-14-19(3)12-6-10-17/h9,12-13,16H,5-8,10-11,14-15H2,1-4H3/b17-9-,18-13-,19-12+,20-16+. The van der Waals surface area contributed by atoms with Gasteiger partial charge in [-0.1, -0.05) is 46.6 Å². The minimum atomic E-state index is 1.20. The van der Waals surface area contributed by atoms with Gasteiger partial charge in [-0.15, -0.1) is 0 Å². The molecule has 1 aliphatic carbocycles. The van der Waals surface area contributed by atoms with Crippen molar-refractivity contribution in [2.45, 2.75) is 79.1 Å². The Morgan fingerprint density at radius 3 is 0.850 bits per heavy atom. The molecule has 0 heteroatoms. The van der Waals surface area contributed by atoms with E-state index in [4.69, 9.17) is 0 Å². The lowest BCUT2D eigenvalue weighted by Crippen LogP contribution is -1.84. The van der Waals surface area contributed by atoms with Crippen molar-refractivity contribution in [3.05, 3.63) is 46.6 Å². The van der Waals surface area contributed by atoms with E-state index in [2.05, 4.69) is 52.0 Å². The van der Waals surface area contributed by atoms with Crippen LogP contribution in [0.5, 0.6) is 0 Å². The zero-order valence-corrected chi connectivity index (χ0v) is 14.0. The van der Waals surface area contributed by atoms with Crippen molar-refractivity contribution in [1.29, 1.82) is 0 Å². The SMILES string of the molecule is C/C1=C/CC/C(C)=C/CC/C(C)=C/CC/C(C)=C\CC1. The van der Waals surface area contributed by atoms with E-state index in [0.29, 0.717) is 0 Å². The minimum absolute atomic E-state index is 1.20. The highest BCUT2D eigenvalue weighted by molar-refractivity contribution is 5.09. The first-order chi connectivity index (χ1) is 9.58. The number of hydrogen-bond acceptors (Lipinski definition) is 0. The maximum absolute atomic E-state index is 2.43. The van der Waals surface area contributed by atoms with Gasteiger partial charge in [-0.25, -0.2) is 0 Å². The van der Waals surface area contributed by atoms with Crippen molar-refractivity contribution < 1.29 is 0 Å². The zero-order valence-electron chi connectivity index (χ0n) is 14.0. The van der Waals surface area contributed by atoms with Crippen molar-refractivity contribution in [1.82, 2.24) is 0 Å². The van der Waals surface area contributed by atoms with Crippen LogP contribution in [-0.2, 0) is 0 Å². The molecule has 0 bridgehead atoms. The van der Waals surface area contributed by atoms with Crippen LogP contribution in [0.2, 0.25) is 0 Å². The van der Waals surface area contributed by atoms with Crippen LogP contribution in [-0.4, -0.2) is 0 Å². The molecule has 112 valence electrons. The number of hydrogen-bond donors (Lipinski definition) is 0. The smallest absolute Gasteiger partial charge is 0.0288 e. The highest BCUT2D eigenvalue weighted by atomic mass is 14.0. The van der Waals surface area contributed by atoms with Crippen LogP contribution in [0.25, 0.3) is 0 Å². The van der Waals surface area contributed by atoms with Gasteiger partial charge in [0.2, 0.25) is 0 Å². The molecule has 0 aliphatic heterocycles. The molecule has 0 atom stereocenters. The molecule has 0 saturated carbocycles. The van der Waals surface area contributed by atoms with Crippen LogP contribution in [0.3, 0.4) is 0 Å². The second kappa shape index (κ2) is 9.80. The summed E-state index contributed by atoms with van der Waals surface area (Å²) in [5, 5.41) is 0. The topological polar surface area (TPSA) is 0 Å². The molecule has 0 heterocycles. The Bertz CT molecular complexity index is 322. The summed E-state index contributed by atoms with van der Waals surface area (Å²) in [7, 11) is 0. The summed E-state index contributed by atoms with van der Waals surface area (Å²) in [5.74, 6) is 0. The molecule has 0 aromatic rings. The van der Waals surface area contributed by atoms with Gasteiger partial charge in [0.15, 0.2) is 0 Å². The summed E-state index contributed by atoms with van der Waals surface area (Å²) in [4.78, 5) is 0. The highest BCUT2D eigenvalue weighted by Crippen LogP contribution is 2.16. The van der Waals surface area contributed by atoms with Gasteiger partial charge in [-0.05, 0) is 79.1 Å². The van der Waals surface area contributed by atoms with Crippen LogP contribution in [0.4, 0.5) is 0 Å². The van der Waals surface area contributed by atoms with E-state index in [1.54, 1.807) is 22.3 Å². The van der Waals surface area contributed by atoms with E-state index >= 15 is 0 Å². The third kappa shape index (κ3) is 8.19. The summed E-state index contributed by atoms with van der Waals surface area (Å²) >= 11 is 0. The van der Waals surface area contributed by atoms with Crippen molar-refractivity contribution in [2.75, 3.05) is 0 Å². The predicted molar refractivity (Wildman–Crippen MR) is 92.0 cm³/mol. The Morgan fingerprint density at radius 2 is 0.650 bits per heavy atom. The largest absolute Gasteiger partial charge is 0.0853 e. The lowest BCUT2D eigenvalue weighted by atomic mass is 10.0. The molecule has 0 radical (unpaired) electrons. The normalized spacial score (nSPS) is 31.0. The van der Waals surface area contributed by atoms with Crippen LogP contribution < -0.4 is 0 Å². The molecule has 0 aromatic carbocycles. The highest BCUT2D eigenvalue weighted by Gasteiger charge is 1.96. The molecule has 0 unspecified atom stereocenters. The molecule has 0 aromatic heterocycles. The second-order valence-corrected chi connectivity index (χ2v) is 6.36. The van der Waals surface area contributed by atoms with Gasteiger partial charge in [0, 0.05) is 0 Å². The van der Waals surface area contributed by atoms with Crippen LogP contribution >= 0.6 is 0 Å². The quantitative estimate of drug-likeness (QED) is 0.420. The van der Waals surface area contributed by atoms with Gasteiger partial charge >= 0.3 is 0 Å². The van der Waals surface area contributed by atoms with Crippen molar-refractivity contribution in [2.24, 2.45) is 0 Å². The van der Waals surface area contributed by atoms with E-state index in [1.807, 2.05) is 0 Å². The maximum Gasteiger partial charge on any atom is -0.0288 e. The predicted octanol–water partition coefficient (Wildman–Crippen LogP) is 6.91. The zero-order chi connectivity index (χ0) is 14.8. The minimum Gasteiger partial charge on any atom is -0.0853 e. The van der Waals surface area contributed by atoms with Gasteiger partial charge < -0.3 is 0 Å². The third-order valence-corrected chi connectivity index (χ3v) is 4.13. The van der Waals surface area contributed by atoms with Gasteiger partial charge in [0.05, 0.1) is 0 Å².